The summed E-state index contributed by atoms with van der Waals surface area (Å²) in [5.41, 5.74) is 2.87. The maximum Gasteiger partial charge on any atom is 0.583 e. The van der Waals surface area contributed by atoms with Gasteiger partial charge in [0.05, 0.1) is 5.56 Å². The molecule has 0 bridgehead atoms. The van der Waals surface area contributed by atoms with E-state index >= 15 is 0 Å². The zero-order chi connectivity index (χ0) is 22.3. The molecule has 0 heterocycles. The standard InChI is InChI=1S/C22H21O8P/c1-16-14-15-21(18(3)17(16)2)22(23)27-30-31(24,28-25-19-10-6-4-7-11-19)29-26-20-12-8-5-9-13-20/h4-15H,1-3H3. The number of aryl methyl sites for hydroxylation is 1. The second kappa shape index (κ2) is 10.2. The van der Waals surface area contributed by atoms with Gasteiger partial charge in [0.2, 0.25) is 0 Å². The van der Waals surface area contributed by atoms with E-state index in [1.165, 1.54) is 0 Å². The molecule has 0 fully saturated rings. The summed E-state index contributed by atoms with van der Waals surface area (Å²) in [7, 11) is -4.65. The van der Waals surface area contributed by atoms with Gasteiger partial charge in [-0.2, -0.15) is 0 Å². The Balaban J connectivity index is 1.71. The zero-order valence-corrected chi connectivity index (χ0v) is 18.0. The molecule has 0 aliphatic heterocycles. The van der Waals surface area contributed by atoms with Crippen LogP contribution in [0.2, 0.25) is 0 Å². The summed E-state index contributed by atoms with van der Waals surface area (Å²) < 4.78 is 27.2. The predicted molar refractivity (Wildman–Crippen MR) is 111 cm³/mol. The summed E-state index contributed by atoms with van der Waals surface area (Å²) in [6, 6.07) is 19.8. The van der Waals surface area contributed by atoms with Crippen LogP contribution in [0.4, 0.5) is 0 Å². The van der Waals surface area contributed by atoms with Crippen LogP contribution in [-0.4, -0.2) is 5.97 Å². The molecule has 0 unspecified atom stereocenters. The van der Waals surface area contributed by atoms with E-state index in [9.17, 15) is 9.36 Å². The lowest BCUT2D eigenvalue weighted by atomic mass is 9.99. The van der Waals surface area contributed by atoms with Gasteiger partial charge in [0.15, 0.2) is 11.5 Å². The number of carbonyl (C=O) groups excluding carboxylic acids is 1. The molecule has 162 valence electrons. The van der Waals surface area contributed by atoms with Crippen molar-refractivity contribution >= 4 is 13.8 Å². The molecule has 3 aromatic rings. The lowest BCUT2D eigenvalue weighted by Gasteiger charge is -2.15. The van der Waals surface area contributed by atoms with Crippen molar-refractivity contribution in [2.75, 3.05) is 0 Å². The van der Waals surface area contributed by atoms with Crippen LogP contribution in [0.3, 0.4) is 0 Å². The Labute approximate surface area is 179 Å². The van der Waals surface area contributed by atoms with Crippen LogP contribution < -0.4 is 9.78 Å². The fourth-order valence-corrected chi connectivity index (χ4v) is 3.06. The number of rotatable bonds is 9. The number of para-hydroxylation sites is 2. The van der Waals surface area contributed by atoms with Crippen LogP contribution >= 0.6 is 7.82 Å². The minimum absolute atomic E-state index is 0.214. The van der Waals surface area contributed by atoms with Gasteiger partial charge >= 0.3 is 13.8 Å². The smallest absolute Gasteiger partial charge is 0.327 e. The largest absolute Gasteiger partial charge is 0.583 e. The SMILES string of the molecule is Cc1ccc(C(=O)OOP(=O)(OOc2ccccc2)OOc2ccccc2)c(C)c1C. The molecule has 3 aromatic carbocycles. The minimum atomic E-state index is -4.65. The number of carbonyl (C=O) groups is 1. The molecule has 0 saturated carbocycles. The molecule has 8 nitrogen and oxygen atoms in total. The van der Waals surface area contributed by atoms with E-state index in [2.05, 4.69) is 0 Å². The normalized spacial score (nSPS) is 11.1. The molecule has 0 spiro atoms. The highest BCUT2D eigenvalue weighted by Gasteiger charge is 2.36. The summed E-state index contributed by atoms with van der Waals surface area (Å²) in [5.74, 6) is -0.454. The van der Waals surface area contributed by atoms with Gasteiger partial charge in [-0.3, -0.25) is 4.89 Å². The van der Waals surface area contributed by atoms with Crippen LogP contribution in [0.5, 0.6) is 11.5 Å². The Kier molecular flexibility index (Phi) is 7.44. The van der Waals surface area contributed by atoms with Crippen molar-refractivity contribution in [3.63, 3.8) is 0 Å². The average Bonchev–Trinajstić information content (AvgIpc) is 2.80. The van der Waals surface area contributed by atoms with Crippen molar-refractivity contribution < 1.29 is 38.0 Å². The minimum Gasteiger partial charge on any atom is -0.327 e. The number of hydrogen-bond donors (Lipinski definition) is 0. The summed E-state index contributed by atoms with van der Waals surface area (Å²) >= 11 is 0. The fourth-order valence-electron chi connectivity index (χ4n) is 2.47. The second-order valence-corrected chi connectivity index (χ2v) is 7.86. The molecule has 0 aromatic heterocycles. The van der Waals surface area contributed by atoms with E-state index in [0.717, 1.165) is 11.1 Å². The van der Waals surface area contributed by atoms with Crippen molar-refractivity contribution in [1.29, 1.82) is 0 Å². The van der Waals surface area contributed by atoms with Crippen molar-refractivity contribution in [2.45, 2.75) is 20.8 Å². The Morgan fingerprint density at radius 2 is 1.19 bits per heavy atom. The van der Waals surface area contributed by atoms with Crippen molar-refractivity contribution in [3.05, 3.63) is 95.1 Å². The monoisotopic (exact) mass is 444 g/mol. The molecule has 0 atom stereocenters. The van der Waals surface area contributed by atoms with Gasteiger partial charge in [0.25, 0.3) is 0 Å². The molecular weight excluding hydrogens is 423 g/mol. The average molecular weight is 444 g/mol. The van der Waals surface area contributed by atoms with Crippen LogP contribution in [0.25, 0.3) is 0 Å². The van der Waals surface area contributed by atoms with E-state index < -0.39 is 13.8 Å². The van der Waals surface area contributed by atoms with Gasteiger partial charge in [0, 0.05) is 0 Å². The first-order valence-electron chi connectivity index (χ1n) is 9.28. The highest BCUT2D eigenvalue weighted by Crippen LogP contribution is 2.50. The first-order chi connectivity index (χ1) is 14.9. The third kappa shape index (κ3) is 6.16. The van der Waals surface area contributed by atoms with Gasteiger partial charge in [-0.05, 0) is 67.8 Å². The lowest BCUT2D eigenvalue weighted by molar-refractivity contribution is -0.250. The molecule has 0 amide bonds. The Morgan fingerprint density at radius 1 is 0.677 bits per heavy atom. The summed E-state index contributed by atoms with van der Waals surface area (Å²) in [6.45, 7) is 5.56. The fraction of sp³-hybridized carbons (Fsp3) is 0.136. The number of benzene rings is 3. The molecule has 0 N–H and O–H groups in total. The third-order valence-electron chi connectivity index (χ3n) is 4.42. The lowest BCUT2D eigenvalue weighted by Crippen LogP contribution is -2.12. The van der Waals surface area contributed by atoms with Gasteiger partial charge in [-0.25, -0.2) is 9.36 Å². The van der Waals surface area contributed by atoms with Crippen LogP contribution in [0, 0.1) is 20.8 Å². The maximum absolute atomic E-state index is 12.9. The van der Waals surface area contributed by atoms with Crippen molar-refractivity contribution in [1.82, 2.24) is 0 Å². The molecule has 9 heteroatoms. The summed E-state index contributed by atoms with van der Waals surface area (Å²) in [4.78, 5) is 27.1. The molecule has 0 aliphatic rings. The van der Waals surface area contributed by atoms with Gasteiger partial charge in [-0.1, -0.05) is 56.5 Å². The molecule has 3 rings (SSSR count). The Morgan fingerprint density at radius 3 is 1.71 bits per heavy atom. The van der Waals surface area contributed by atoms with E-state index in [-0.39, 0.29) is 17.1 Å². The van der Waals surface area contributed by atoms with Crippen LogP contribution in [-0.2, 0) is 23.5 Å². The summed E-state index contributed by atoms with van der Waals surface area (Å²) in [6.07, 6.45) is 0. The van der Waals surface area contributed by atoms with Crippen molar-refractivity contribution in [2.24, 2.45) is 0 Å². The number of hydrogen-bond acceptors (Lipinski definition) is 8. The molecule has 0 radical (unpaired) electrons. The maximum atomic E-state index is 12.9. The summed E-state index contributed by atoms with van der Waals surface area (Å²) in [5, 5.41) is 0. The van der Waals surface area contributed by atoms with Gasteiger partial charge < -0.3 is 9.78 Å². The molecular formula is C22H21O8P. The predicted octanol–water partition coefficient (Wildman–Crippen LogP) is 5.83. The Bertz CT molecular complexity index is 1020. The Hall–Kier alpha value is -3.16. The molecule has 0 aliphatic carbocycles. The van der Waals surface area contributed by atoms with Crippen LogP contribution in [0.1, 0.15) is 27.0 Å². The second-order valence-electron chi connectivity index (χ2n) is 6.51. The van der Waals surface area contributed by atoms with E-state index in [1.54, 1.807) is 79.7 Å². The molecule has 0 saturated heterocycles. The van der Waals surface area contributed by atoms with Crippen molar-refractivity contribution in [3.8, 4) is 11.5 Å². The topological polar surface area (TPSA) is 89.5 Å². The zero-order valence-electron chi connectivity index (χ0n) is 17.1. The van der Waals surface area contributed by atoms with E-state index in [1.807, 2.05) is 13.8 Å². The van der Waals surface area contributed by atoms with E-state index in [4.69, 9.17) is 28.7 Å². The quantitative estimate of drug-likeness (QED) is 0.231. The number of phosphoric acid groups is 1. The highest BCUT2D eigenvalue weighted by molar-refractivity contribution is 7.48. The van der Waals surface area contributed by atoms with Gasteiger partial charge in [-0.15, -0.1) is 0 Å². The first-order valence-corrected chi connectivity index (χ1v) is 10.7. The van der Waals surface area contributed by atoms with Crippen LogP contribution in [0.15, 0.2) is 72.8 Å². The molecule has 31 heavy (non-hydrogen) atoms. The van der Waals surface area contributed by atoms with Gasteiger partial charge in [0.1, 0.15) is 0 Å². The third-order valence-corrected chi connectivity index (χ3v) is 5.19. The highest BCUT2D eigenvalue weighted by atomic mass is 31.2. The first kappa shape index (κ1) is 22.5. The van der Waals surface area contributed by atoms with E-state index in [0.29, 0.717) is 5.56 Å².